The quantitative estimate of drug-likeness (QED) is 0.0768. The molecule has 0 saturated heterocycles. The third-order valence-corrected chi connectivity index (χ3v) is 6.41. The van der Waals surface area contributed by atoms with Gasteiger partial charge >= 0.3 is 5.97 Å². The number of methoxy groups -OCH3 is 2. The summed E-state index contributed by atoms with van der Waals surface area (Å²) in [6.45, 7) is 2.38. The molecule has 41 heavy (non-hydrogen) atoms. The van der Waals surface area contributed by atoms with Crippen LogP contribution in [0.15, 0.2) is 101 Å². The second-order valence-electron chi connectivity index (χ2n) is 8.98. The van der Waals surface area contributed by atoms with E-state index in [4.69, 9.17) is 23.4 Å². The molecule has 0 N–H and O–H groups in total. The van der Waals surface area contributed by atoms with Gasteiger partial charge in [-0.2, -0.15) is 0 Å². The highest BCUT2D eigenvalue weighted by Gasteiger charge is 2.24. The van der Waals surface area contributed by atoms with Crippen LogP contribution in [0.4, 0.5) is 0 Å². The minimum Gasteiger partial charge on any atom is -0.497 e. The van der Waals surface area contributed by atoms with Crippen LogP contribution in [-0.2, 0) is 0 Å². The first-order valence-electron chi connectivity index (χ1n) is 13.0. The maximum atomic E-state index is 13.5. The summed E-state index contributed by atoms with van der Waals surface area (Å²) in [5.41, 5.74) is 2.76. The Labute approximate surface area is 237 Å². The van der Waals surface area contributed by atoms with Crippen molar-refractivity contribution in [2.24, 2.45) is 0 Å². The first kappa shape index (κ1) is 27.3. The Morgan fingerprint density at radius 3 is 2.24 bits per heavy atom. The van der Waals surface area contributed by atoms with Crippen molar-refractivity contribution in [2.45, 2.75) is 6.92 Å². The molecule has 0 fully saturated rings. The number of esters is 1. The van der Waals surface area contributed by atoms with Crippen LogP contribution in [0.2, 0.25) is 0 Å². The summed E-state index contributed by atoms with van der Waals surface area (Å²) in [7, 11) is 3.13. The molecule has 0 saturated carbocycles. The van der Waals surface area contributed by atoms with Gasteiger partial charge in [-0.05, 0) is 73.7 Å². The SMILES string of the molecule is CCOc1ccc2oc(-c3ccccc3)c(C(=O)Oc3ccc(C(=O)/C=C/c4ccc(OC)cc4OC)cc3)c2c1. The predicted octanol–water partition coefficient (Wildman–Crippen LogP) is 7.63. The van der Waals surface area contributed by atoms with Crippen molar-refractivity contribution in [3.05, 3.63) is 114 Å². The summed E-state index contributed by atoms with van der Waals surface area (Å²) in [5, 5.41) is 0.589. The Morgan fingerprint density at radius 2 is 1.54 bits per heavy atom. The fourth-order valence-corrected chi connectivity index (χ4v) is 4.39. The molecule has 0 amide bonds. The van der Waals surface area contributed by atoms with Gasteiger partial charge in [0.2, 0.25) is 0 Å². The maximum Gasteiger partial charge on any atom is 0.348 e. The zero-order valence-electron chi connectivity index (χ0n) is 22.9. The van der Waals surface area contributed by atoms with Crippen molar-refractivity contribution in [1.82, 2.24) is 0 Å². The Balaban J connectivity index is 1.38. The summed E-state index contributed by atoms with van der Waals surface area (Å²) in [6.07, 6.45) is 3.14. The van der Waals surface area contributed by atoms with Crippen molar-refractivity contribution >= 4 is 28.8 Å². The van der Waals surface area contributed by atoms with Crippen LogP contribution in [0.5, 0.6) is 23.0 Å². The van der Waals surface area contributed by atoms with Gasteiger partial charge < -0.3 is 23.4 Å². The number of furan rings is 1. The van der Waals surface area contributed by atoms with Crippen molar-refractivity contribution in [1.29, 1.82) is 0 Å². The van der Waals surface area contributed by atoms with E-state index in [2.05, 4.69) is 0 Å². The number of ketones is 1. The van der Waals surface area contributed by atoms with E-state index in [1.54, 1.807) is 74.9 Å². The molecular weight excluding hydrogens is 520 g/mol. The minimum absolute atomic E-state index is 0.212. The van der Waals surface area contributed by atoms with Gasteiger partial charge in [-0.3, -0.25) is 4.79 Å². The van der Waals surface area contributed by atoms with Crippen molar-refractivity contribution in [3.8, 4) is 34.3 Å². The first-order chi connectivity index (χ1) is 20.0. The smallest absolute Gasteiger partial charge is 0.348 e. The fraction of sp³-hybridized carbons (Fsp3) is 0.118. The summed E-state index contributed by atoms with van der Waals surface area (Å²) in [5.74, 6) is 1.78. The number of carbonyl (C=O) groups is 2. The van der Waals surface area contributed by atoms with Crippen molar-refractivity contribution in [2.75, 3.05) is 20.8 Å². The van der Waals surface area contributed by atoms with E-state index in [9.17, 15) is 9.59 Å². The molecule has 0 spiro atoms. The fourth-order valence-electron chi connectivity index (χ4n) is 4.39. The molecular formula is C34H28O7. The highest BCUT2D eigenvalue weighted by atomic mass is 16.5. The van der Waals surface area contributed by atoms with Gasteiger partial charge in [-0.15, -0.1) is 0 Å². The van der Waals surface area contributed by atoms with Crippen LogP contribution in [0.3, 0.4) is 0 Å². The van der Waals surface area contributed by atoms with E-state index in [0.717, 1.165) is 11.1 Å². The summed E-state index contributed by atoms with van der Waals surface area (Å²) in [6, 6.07) is 26.5. The summed E-state index contributed by atoms with van der Waals surface area (Å²) in [4.78, 5) is 26.3. The van der Waals surface area contributed by atoms with Crippen LogP contribution in [-0.4, -0.2) is 32.6 Å². The summed E-state index contributed by atoms with van der Waals surface area (Å²) < 4.78 is 28.1. The molecule has 0 aliphatic carbocycles. The highest BCUT2D eigenvalue weighted by Crippen LogP contribution is 2.36. The van der Waals surface area contributed by atoms with Gasteiger partial charge in [0.25, 0.3) is 0 Å². The predicted molar refractivity (Wildman–Crippen MR) is 157 cm³/mol. The van der Waals surface area contributed by atoms with Crippen LogP contribution >= 0.6 is 0 Å². The molecule has 206 valence electrons. The Kier molecular flexibility index (Phi) is 8.15. The molecule has 7 heteroatoms. The van der Waals surface area contributed by atoms with E-state index in [1.807, 2.05) is 43.3 Å². The largest absolute Gasteiger partial charge is 0.497 e. The number of benzene rings is 4. The van der Waals surface area contributed by atoms with E-state index in [-0.39, 0.29) is 5.78 Å². The molecule has 4 aromatic carbocycles. The van der Waals surface area contributed by atoms with E-state index >= 15 is 0 Å². The average molecular weight is 549 g/mol. The molecule has 1 aromatic heterocycles. The monoisotopic (exact) mass is 548 g/mol. The van der Waals surface area contributed by atoms with Gasteiger partial charge in [0.1, 0.15) is 39.9 Å². The maximum absolute atomic E-state index is 13.5. The summed E-state index contributed by atoms with van der Waals surface area (Å²) >= 11 is 0. The molecule has 0 unspecified atom stereocenters. The number of hydrogen-bond donors (Lipinski definition) is 0. The molecule has 0 atom stereocenters. The molecule has 0 aliphatic rings. The van der Waals surface area contributed by atoms with Crippen LogP contribution in [0, 0.1) is 0 Å². The molecule has 5 aromatic rings. The number of allylic oxidation sites excluding steroid dienone is 1. The number of fused-ring (bicyclic) bond motifs is 1. The van der Waals surface area contributed by atoms with Gasteiger partial charge in [0, 0.05) is 28.1 Å². The zero-order chi connectivity index (χ0) is 28.8. The standard InChI is InChI=1S/C34H28O7/c1-4-39-27-17-19-30-28(20-27)32(33(41-30)24-8-6-5-7-9-24)34(36)40-25-14-10-22(11-15-25)29(35)18-13-23-12-16-26(37-2)21-31(23)38-3/h5-21H,4H2,1-3H3/b18-13+. The molecule has 5 rings (SSSR count). The van der Waals surface area contributed by atoms with Gasteiger partial charge in [0.05, 0.1) is 20.8 Å². The first-order valence-corrected chi connectivity index (χ1v) is 13.0. The lowest BCUT2D eigenvalue weighted by molar-refractivity contribution is 0.0737. The molecule has 1 heterocycles. The van der Waals surface area contributed by atoms with E-state index in [0.29, 0.717) is 57.5 Å². The number of ether oxygens (including phenoxy) is 4. The molecule has 0 radical (unpaired) electrons. The van der Waals surface area contributed by atoms with Crippen LogP contribution in [0.1, 0.15) is 33.2 Å². The van der Waals surface area contributed by atoms with E-state index in [1.165, 1.54) is 6.08 Å². The zero-order valence-corrected chi connectivity index (χ0v) is 22.9. The minimum atomic E-state index is -0.582. The second kappa shape index (κ2) is 12.3. The van der Waals surface area contributed by atoms with E-state index < -0.39 is 5.97 Å². The third-order valence-electron chi connectivity index (χ3n) is 6.41. The van der Waals surface area contributed by atoms with Crippen molar-refractivity contribution in [3.63, 3.8) is 0 Å². The Bertz CT molecular complexity index is 1710. The highest BCUT2D eigenvalue weighted by molar-refractivity contribution is 6.10. The van der Waals surface area contributed by atoms with Gasteiger partial charge in [0.15, 0.2) is 5.78 Å². The van der Waals surface area contributed by atoms with Crippen LogP contribution < -0.4 is 18.9 Å². The van der Waals surface area contributed by atoms with Gasteiger partial charge in [-0.25, -0.2) is 4.79 Å². The van der Waals surface area contributed by atoms with Crippen LogP contribution in [0.25, 0.3) is 28.4 Å². The molecule has 0 aliphatic heterocycles. The van der Waals surface area contributed by atoms with Gasteiger partial charge in [-0.1, -0.05) is 30.3 Å². The topological polar surface area (TPSA) is 84.2 Å². The molecule has 7 nitrogen and oxygen atoms in total. The third kappa shape index (κ3) is 5.99. The molecule has 0 bridgehead atoms. The normalized spacial score (nSPS) is 11.0. The number of carbonyl (C=O) groups excluding carboxylic acids is 2. The van der Waals surface area contributed by atoms with Crippen molar-refractivity contribution < 1.29 is 33.0 Å². The Morgan fingerprint density at radius 1 is 0.805 bits per heavy atom. The Hall–Kier alpha value is -5.30. The lowest BCUT2D eigenvalue weighted by Gasteiger charge is -2.07. The second-order valence-corrected chi connectivity index (χ2v) is 8.98. The number of rotatable bonds is 10. The number of hydrogen-bond acceptors (Lipinski definition) is 7. The average Bonchev–Trinajstić information content (AvgIpc) is 3.40. The lowest BCUT2D eigenvalue weighted by Crippen LogP contribution is -2.09. The lowest BCUT2D eigenvalue weighted by atomic mass is 10.1.